The maximum absolute atomic E-state index is 12.4. The molecule has 2 aromatic carbocycles. The number of halogens is 1. The summed E-state index contributed by atoms with van der Waals surface area (Å²) in [6.45, 7) is 1.75. The zero-order valence-corrected chi connectivity index (χ0v) is 13.0. The van der Waals surface area contributed by atoms with Gasteiger partial charge in [-0.1, -0.05) is 58.4 Å². The highest BCUT2D eigenvalue weighted by Gasteiger charge is 2.21. The number of carbonyl (C=O) groups is 1. The average Bonchev–Trinajstić information content (AvgIpc) is 2.48. The van der Waals surface area contributed by atoms with E-state index in [0.29, 0.717) is 11.2 Å². The third-order valence-electron chi connectivity index (χ3n) is 4.00. The maximum Gasteiger partial charge on any atom is 0.227 e. The van der Waals surface area contributed by atoms with Gasteiger partial charge in [0.25, 0.3) is 0 Å². The number of benzene rings is 2. The SMILES string of the molecule is O=C(Cc1cccc2ccccc12)N1CCC(Br)CC1. The molecule has 1 heterocycles. The van der Waals surface area contributed by atoms with Crippen LogP contribution in [0.3, 0.4) is 0 Å². The molecule has 1 aliphatic rings. The highest BCUT2D eigenvalue weighted by Crippen LogP contribution is 2.21. The van der Waals surface area contributed by atoms with Gasteiger partial charge in [0.05, 0.1) is 6.42 Å². The zero-order valence-electron chi connectivity index (χ0n) is 11.4. The van der Waals surface area contributed by atoms with Crippen molar-refractivity contribution in [3.8, 4) is 0 Å². The van der Waals surface area contributed by atoms with E-state index in [0.717, 1.165) is 31.5 Å². The van der Waals surface area contributed by atoms with E-state index in [1.54, 1.807) is 0 Å². The Kier molecular flexibility index (Phi) is 4.06. The Labute approximate surface area is 127 Å². The molecule has 0 bridgehead atoms. The van der Waals surface area contributed by atoms with E-state index >= 15 is 0 Å². The molecule has 0 spiro atoms. The standard InChI is InChI=1S/C17H18BrNO/c18-15-8-10-19(11-9-15)17(20)12-14-6-3-5-13-4-1-2-7-16(13)14/h1-7,15H,8-12H2. The molecule has 0 saturated carbocycles. The van der Waals surface area contributed by atoms with Crippen LogP contribution in [0.5, 0.6) is 0 Å². The fraction of sp³-hybridized carbons (Fsp3) is 0.353. The highest BCUT2D eigenvalue weighted by molar-refractivity contribution is 9.09. The Morgan fingerprint density at radius 2 is 1.80 bits per heavy atom. The Morgan fingerprint density at radius 3 is 2.60 bits per heavy atom. The summed E-state index contributed by atoms with van der Waals surface area (Å²) in [5, 5.41) is 2.40. The lowest BCUT2D eigenvalue weighted by molar-refractivity contribution is -0.131. The molecular weight excluding hydrogens is 314 g/mol. The monoisotopic (exact) mass is 331 g/mol. The molecule has 104 valence electrons. The van der Waals surface area contributed by atoms with Gasteiger partial charge in [-0.25, -0.2) is 0 Å². The molecule has 0 N–H and O–H groups in total. The third-order valence-corrected chi connectivity index (χ3v) is 4.91. The summed E-state index contributed by atoms with van der Waals surface area (Å²) >= 11 is 3.63. The number of amides is 1. The number of alkyl halides is 1. The van der Waals surface area contributed by atoms with Crippen molar-refractivity contribution in [3.05, 3.63) is 48.0 Å². The fourth-order valence-electron chi connectivity index (χ4n) is 2.82. The first kappa shape index (κ1) is 13.6. The number of piperidine rings is 1. The highest BCUT2D eigenvalue weighted by atomic mass is 79.9. The van der Waals surface area contributed by atoms with Crippen molar-refractivity contribution < 1.29 is 4.79 Å². The van der Waals surface area contributed by atoms with Gasteiger partial charge in [0.2, 0.25) is 5.91 Å². The van der Waals surface area contributed by atoms with Gasteiger partial charge in [-0.2, -0.15) is 0 Å². The van der Waals surface area contributed by atoms with Gasteiger partial charge < -0.3 is 4.90 Å². The van der Waals surface area contributed by atoms with Crippen molar-refractivity contribution in [2.75, 3.05) is 13.1 Å². The summed E-state index contributed by atoms with van der Waals surface area (Å²) in [4.78, 5) is 15.0. The lowest BCUT2D eigenvalue weighted by atomic mass is 10.0. The molecule has 0 aliphatic carbocycles. The van der Waals surface area contributed by atoms with E-state index in [1.807, 2.05) is 23.1 Å². The fourth-order valence-corrected chi connectivity index (χ4v) is 3.23. The van der Waals surface area contributed by atoms with Crippen LogP contribution in [0, 0.1) is 0 Å². The second-order valence-corrected chi connectivity index (χ2v) is 6.67. The normalized spacial score (nSPS) is 16.6. The molecule has 20 heavy (non-hydrogen) atoms. The Morgan fingerprint density at radius 1 is 1.10 bits per heavy atom. The molecule has 0 atom stereocenters. The lowest BCUT2D eigenvalue weighted by Gasteiger charge is -2.29. The molecule has 0 unspecified atom stereocenters. The summed E-state index contributed by atoms with van der Waals surface area (Å²) in [6, 6.07) is 14.5. The molecule has 1 amide bonds. The molecule has 1 fully saturated rings. The number of rotatable bonds is 2. The van der Waals surface area contributed by atoms with Crippen molar-refractivity contribution in [1.82, 2.24) is 4.90 Å². The van der Waals surface area contributed by atoms with Crippen molar-refractivity contribution in [3.63, 3.8) is 0 Å². The lowest BCUT2D eigenvalue weighted by Crippen LogP contribution is -2.39. The third kappa shape index (κ3) is 2.88. The smallest absolute Gasteiger partial charge is 0.227 e. The van der Waals surface area contributed by atoms with Crippen LogP contribution in [0.25, 0.3) is 10.8 Å². The summed E-state index contributed by atoms with van der Waals surface area (Å²) in [7, 11) is 0. The van der Waals surface area contributed by atoms with Crippen LogP contribution in [0.1, 0.15) is 18.4 Å². The summed E-state index contributed by atoms with van der Waals surface area (Å²) < 4.78 is 0. The van der Waals surface area contributed by atoms with Crippen LogP contribution in [0.15, 0.2) is 42.5 Å². The van der Waals surface area contributed by atoms with Gasteiger partial charge in [0, 0.05) is 17.9 Å². The van der Waals surface area contributed by atoms with Crippen molar-refractivity contribution in [1.29, 1.82) is 0 Å². The Bertz CT molecular complexity index is 612. The van der Waals surface area contributed by atoms with Crippen LogP contribution in [-0.4, -0.2) is 28.7 Å². The van der Waals surface area contributed by atoms with Crippen molar-refractivity contribution in [2.24, 2.45) is 0 Å². The minimum absolute atomic E-state index is 0.251. The van der Waals surface area contributed by atoms with Crippen LogP contribution in [0.2, 0.25) is 0 Å². The minimum Gasteiger partial charge on any atom is -0.342 e. The molecule has 0 radical (unpaired) electrons. The minimum atomic E-state index is 0.251. The van der Waals surface area contributed by atoms with Gasteiger partial charge in [0.1, 0.15) is 0 Å². The summed E-state index contributed by atoms with van der Waals surface area (Å²) in [6.07, 6.45) is 2.62. The number of nitrogens with zero attached hydrogens (tertiary/aromatic N) is 1. The van der Waals surface area contributed by atoms with Gasteiger partial charge in [-0.05, 0) is 29.2 Å². The van der Waals surface area contributed by atoms with Crippen LogP contribution >= 0.6 is 15.9 Å². The second kappa shape index (κ2) is 5.96. The first-order valence-electron chi connectivity index (χ1n) is 7.12. The topological polar surface area (TPSA) is 20.3 Å². The van der Waals surface area contributed by atoms with E-state index in [2.05, 4.69) is 40.2 Å². The van der Waals surface area contributed by atoms with Gasteiger partial charge in [-0.3, -0.25) is 4.79 Å². The maximum atomic E-state index is 12.4. The Hall–Kier alpha value is -1.35. The van der Waals surface area contributed by atoms with E-state index in [1.165, 1.54) is 10.8 Å². The quantitative estimate of drug-likeness (QED) is 0.767. The molecule has 3 heteroatoms. The molecule has 2 aromatic rings. The van der Waals surface area contributed by atoms with Crippen molar-refractivity contribution >= 4 is 32.6 Å². The largest absolute Gasteiger partial charge is 0.342 e. The zero-order chi connectivity index (χ0) is 13.9. The van der Waals surface area contributed by atoms with E-state index in [-0.39, 0.29) is 5.91 Å². The first-order valence-corrected chi connectivity index (χ1v) is 8.04. The number of likely N-dealkylation sites (tertiary alicyclic amines) is 1. The van der Waals surface area contributed by atoms with E-state index in [9.17, 15) is 4.79 Å². The molecular formula is C17H18BrNO. The molecule has 1 saturated heterocycles. The number of fused-ring (bicyclic) bond motifs is 1. The number of hydrogen-bond donors (Lipinski definition) is 0. The molecule has 2 nitrogen and oxygen atoms in total. The van der Waals surface area contributed by atoms with Crippen LogP contribution < -0.4 is 0 Å². The van der Waals surface area contributed by atoms with Gasteiger partial charge in [-0.15, -0.1) is 0 Å². The molecule has 1 aliphatic heterocycles. The van der Waals surface area contributed by atoms with Crippen LogP contribution in [0.4, 0.5) is 0 Å². The number of hydrogen-bond acceptors (Lipinski definition) is 1. The van der Waals surface area contributed by atoms with E-state index < -0.39 is 0 Å². The predicted octanol–water partition coefficient (Wildman–Crippen LogP) is 3.77. The van der Waals surface area contributed by atoms with Gasteiger partial charge >= 0.3 is 0 Å². The number of carbonyl (C=O) groups excluding carboxylic acids is 1. The predicted molar refractivity (Wildman–Crippen MR) is 86.2 cm³/mol. The van der Waals surface area contributed by atoms with Gasteiger partial charge in [0.15, 0.2) is 0 Å². The summed E-state index contributed by atoms with van der Waals surface area (Å²) in [5.74, 6) is 0.251. The van der Waals surface area contributed by atoms with Crippen molar-refractivity contribution in [2.45, 2.75) is 24.1 Å². The molecule has 3 rings (SSSR count). The molecule has 0 aromatic heterocycles. The van der Waals surface area contributed by atoms with Crippen LogP contribution in [-0.2, 0) is 11.2 Å². The Balaban J connectivity index is 1.77. The first-order chi connectivity index (χ1) is 9.74. The average molecular weight is 332 g/mol. The second-order valence-electron chi connectivity index (χ2n) is 5.37. The summed E-state index contributed by atoms with van der Waals surface area (Å²) in [5.41, 5.74) is 1.13. The van der Waals surface area contributed by atoms with E-state index in [4.69, 9.17) is 0 Å².